The molecule has 0 aliphatic carbocycles. The molecule has 0 radical (unpaired) electrons. The number of aliphatic imine (C=N–C) groups is 1. The molecular formula is C20H23F3N6OS. The molecular weight excluding hydrogens is 429 g/mol. The second-order valence-electron chi connectivity index (χ2n) is 7.52. The summed E-state index contributed by atoms with van der Waals surface area (Å²) in [6.07, 6.45) is 2.39. The highest BCUT2D eigenvalue weighted by Crippen LogP contribution is 2.37. The van der Waals surface area contributed by atoms with Gasteiger partial charge in [0.25, 0.3) is 0 Å². The van der Waals surface area contributed by atoms with Crippen molar-refractivity contribution < 1.29 is 18.3 Å². The molecule has 0 saturated carbocycles. The maximum absolute atomic E-state index is 14.4. The summed E-state index contributed by atoms with van der Waals surface area (Å²) in [5.74, 6) is -0.103. The topological polar surface area (TPSA) is 66.4 Å². The number of alkyl halides is 1. The molecule has 7 nitrogen and oxygen atoms in total. The second kappa shape index (κ2) is 8.85. The number of aliphatic hydroxyl groups excluding tert-OH is 1. The SMILES string of the molecule is CN1CC(NC(=S)NCCO)=C2N=C(N3C[C@@H](F)C[C@@H]3c3cc(F)ccc3F)C=CN21. The van der Waals surface area contributed by atoms with Crippen molar-refractivity contribution in [2.24, 2.45) is 4.99 Å². The number of amidine groups is 1. The Morgan fingerprint density at radius 2 is 2.16 bits per heavy atom. The van der Waals surface area contributed by atoms with Crippen LogP contribution in [0.2, 0.25) is 0 Å². The van der Waals surface area contributed by atoms with Crippen molar-refractivity contribution in [3.05, 3.63) is 59.2 Å². The summed E-state index contributed by atoms with van der Waals surface area (Å²) >= 11 is 5.24. The van der Waals surface area contributed by atoms with E-state index in [1.54, 1.807) is 17.2 Å². The van der Waals surface area contributed by atoms with Gasteiger partial charge in [0.05, 0.1) is 31.4 Å². The lowest BCUT2D eigenvalue weighted by molar-refractivity contribution is 0.125. The van der Waals surface area contributed by atoms with E-state index < -0.39 is 23.8 Å². The zero-order valence-electron chi connectivity index (χ0n) is 16.9. The fourth-order valence-corrected chi connectivity index (χ4v) is 4.20. The van der Waals surface area contributed by atoms with E-state index in [1.165, 1.54) is 0 Å². The normalized spacial score (nSPS) is 23.3. The van der Waals surface area contributed by atoms with Gasteiger partial charge in [-0.3, -0.25) is 5.01 Å². The molecule has 4 rings (SSSR count). The van der Waals surface area contributed by atoms with Crippen molar-refractivity contribution in [1.29, 1.82) is 0 Å². The molecule has 2 atom stereocenters. The molecule has 1 aromatic rings. The number of benzene rings is 1. The summed E-state index contributed by atoms with van der Waals surface area (Å²) < 4.78 is 42.5. The molecule has 3 aliphatic heterocycles. The van der Waals surface area contributed by atoms with E-state index in [0.717, 1.165) is 23.9 Å². The highest BCUT2D eigenvalue weighted by atomic mass is 32.1. The van der Waals surface area contributed by atoms with Gasteiger partial charge >= 0.3 is 0 Å². The molecule has 3 N–H and O–H groups in total. The van der Waals surface area contributed by atoms with Crippen LogP contribution in [0, 0.1) is 11.6 Å². The molecule has 0 spiro atoms. The van der Waals surface area contributed by atoms with Gasteiger partial charge in [-0.15, -0.1) is 0 Å². The quantitative estimate of drug-likeness (QED) is 0.602. The van der Waals surface area contributed by atoms with E-state index >= 15 is 0 Å². The summed E-state index contributed by atoms with van der Waals surface area (Å²) in [6, 6.07) is 2.56. The van der Waals surface area contributed by atoms with Crippen molar-refractivity contribution >= 4 is 23.2 Å². The van der Waals surface area contributed by atoms with Gasteiger partial charge in [-0.05, 0) is 36.5 Å². The first-order valence-corrected chi connectivity index (χ1v) is 10.3. The van der Waals surface area contributed by atoms with Crippen LogP contribution in [0.15, 0.2) is 47.0 Å². The van der Waals surface area contributed by atoms with Crippen LogP contribution >= 0.6 is 12.2 Å². The molecule has 166 valence electrons. The van der Waals surface area contributed by atoms with Crippen LogP contribution in [0.5, 0.6) is 0 Å². The predicted molar refractivity (Wildman–Crippen MR) is 114 cm³/mol. The van der Waals surface area contributed by atoms with Crippen molar-refractivity contribution in [2.75, 3.05) is 33.3 Å². The number of hydrogen-bond donors (Lipinski definition) is 3. The van der Waals surface area contributed by atoms with Crippen LogP contribution < -0.4 is 10.6 Å². The first-order valence-electron chi connectivity index (χ1n) is 9.89. The highest BCUT2D eigenvalue weighted by Gasteiger charge is 2.38. The Hall–Kier alpha value is -2.63. The summed E-state index contributed by atoms with van der Waals surface area (Å²) in [4.78, 5) is 6.36. The lowest BCUT2D eigenvalue weighted by atomic mass is 10.0. The van der Waals surface area contributed by atoms with E-state index in [2.05, 4.69) is 10.6 Å². The van der Waals surface area contributed by atoms with E-state index in [-0.39, 0.29) is 25.1 Å². The van der Waals surface area contributed by atoms with Gasteiger partial charge in [-0.1, -0.05) is 0 Å². The number of fused-ring (bicyclic) bond motifs is 1. The van der Waals surface area contributed by atoms with Crippen LogP contribution in [0.1, 0.15) is 18.0 Å². The maximum Gasteiger partial charge on any atom is 0.170 e. The average molecular weight is 453 g/mol. The van der Waals surface area contributed by atoms with Crippen LogP contribution in [-0.4, -0.2) is 70.4 Å². The Morgan fingerprint density at radius 3 is 2.94 bits per heavy atom. The fourth-order valence-electron chi connectivity index (χ4n) is 3.97. The van der Waals surface area contributed by atoms with Crippen LogP contribution in [-0.2, 0) is 0 Å². The molecule has 0 aromatic heterocycles. The van der Waals surface area contributed by atoms with Gasteiger partial charge in [0.15, 0.2) is 10.9 Å². The van der Waals surface area contributed by atoms with E-state index in [1.807, 2.05) is 17.1 Å². The van der Waals surface area contributed by atoms with E-state index in [0.29, 0.717) is 29.9 Å². The molecule has 1 saturated heterocycles. The molecule has 3 aliphatic rings. The van der Waals surface area contributed by atoms with Gasteiger partial charge in [-0.2, -0.15) is 0 Å². The molecule has 0 bridgehead atoms. The number of halogens is 3. The number of nitrogens with one attached hydrogen (secondary N) is 2. The van der Waals surface area contributed by atoms with E-state index in [4.69, 9.17) is 22.3 Å². The molecule has 0 unspecified atom stereocenters. The number of nitrogens with zero attached hydrogens (tertiary/aromatic N) is 4. The predicted octanol–water partition coefficient (Wildman–Crippen LogP) is 1.76. The molecule has 31 heavy (non-hydrogen) atoms. The summed E-state index contributed by atoms with van der Waals surface area (Å²) in [5.41, 5.74) is 0.841. The monoisotopic (exact) mass is 452 g/mol. The number of thiocarbonyl (C=S) groups is 1. The van der Waals surface area contributed by atoms with Crippen molar-refractivity contribution in [3.63, 3.8) is 0 Å². The number of hydrazine groups is 1. The first-order chi connectivity index (χ1) is 14.9. The minimum Gasteiger partial charge on any atom is -0.395 e. The van der Waals surface area contributed by atoms with Gasteiger partial charge < -0.3 is 20.6 Å². The highest BCUT2D eigenvalue weighted by molar-refractivity contribution is 7.80. The van der Waals surface area contributed by atoms with Crippen molar-refractivity contribution in [2.45, 2.75) is 18.6 Å². The molecule has 1 fully saturated rings. The molecule has 1 aromatic carbocycles. The Kier molecular flexibility index (Phi) is 6.17. The maximum atomic E-state index is 14.4. The Bertz CT molecular complexity index is 968. The van der Waals surface area contributed by atoms with E-state index in [9.17, 15) is 13.2 Å². The standard InChI is InChI=1S/C20H23F3N6OS/c1-27-11-16(25-20(31)24-5-7-30)19-26-18(4-6-29(19)27)28-10-13(22)9-17(28)14-8-12(21)2-3-15(14)23/h2-4,6,8,13,17,30H,5,7,9-11H2,1H3,(H2,24,25,31)/t13-,17+/m0/s1. The summed E-state index contributed by atoms with van der Waals surface area (Å²) in [6.45, 7) is 0.800. The number of hydrogen-bond acceptors (Lipinski definition) is 6. The molecule has 3 heterocycles. The Morgan fingerprint density at radius 1 is 1.35 bits per heavy atom. The minimum absolute atomic E-state index is 0.0339. The second-order valence-corrected chi connectivity index (χ2v) is 7.93. The van der Waals surface area contributed by atoms with Gasteiger partial charge in [0, 0.05) is 31.8 Å². The summed E-state index contributed by atoms with van der Waals surface area (Å²) in [5, 5.41) is 19.0. The molecule has 0 amide bonds. The zero-order valence-corrected chi connectivity index (χ0v) is 17.7. The van der Waals surface area contributed by atoms with Gasteiger partial charge in [0.1, 0.15) is 23.6 Å². The number of likely N-dealkylation sites (tertiary alicyclic amines) is 1. The summed E-state index contributed by atoms with van der Waals surface area (Å²) in [7, 11) is 1.88. The third kappa shape index (κ3) is 4.39. The largest absolute Gasteiger partial charge is 0.395 e. The minimum atomic E-state index is -1.19. The van der Waals surface area contributed by atoms with Gasteiger partial charge in [0.2, 0.25) is 0 Å². The number of rotatable bonds is 4. The number of aliphatic hydroxyl groups is 1. The smallest absolute Gasteiger partial charge is 0.170 e. The van der Waals surface area contributed by atoms with Crippen molar-refractivity contribution in [1.82, 2.24) is 25.6 Å². The Balaban J connectivity index is 1.64. The lowest BCUT2D eigenvalue weighted by Gasteiger charge is -2.31. The Labute approximate surface area is 183 Å². The van der Waals surface area contributed by atoms with Crippen LogP contribution in [0.3, 0.4) is 0 Å². The van der Waals surface area contributed by atoms with Crippen LogP contribution in [0.25, 0.3) is 0 Å². The molecule has 11 heteroatoms. The average Bonchev–Trinajstić information content (AvgIpc) is 3.28. The van der Waals surface area contributed by atoms with Crippen LogP contribution in [0.4, 0.5) is 13.2 Å². The lowest BCUT2D eigenvalue weighted by Crippen LogP contribution is -2.37. The van der Waals surface area contributed by atoms with Gasteiger partial charge in [-0.25, -0.2) is 23.2 Å². The number of likely N-dealkylation sites (N-methyl/N-ethyl adjacent to an activating group) is 1. The fraction of sp³-hybridized carbons (Fsp3) is 0.400. The zero-order chi connectivity index (χ0) is 22.1. The third-order valence-corrected chi connectivity index (χ3v) is 5.60. The van der Waals surface area contributed by atoms with Crippen molar-refractivity contribution in [3.8, 4) is 0 Å². The first kappa shape index (κ1) is 21.6. The third-order valence-electron chi connectivity index (χ3n) is 5.35.